The molecule has 0 aliphatic heterocycles. The van der Waals surface area contributed by atoms with Crippen LogP contribution < -0.4 is 5.73 Å². The molecule has 1 fully saturated rings. The number of hydrogen-bond acceptors (Lipinski definition) is 2. The molecule has 1 saturated carbocycles. The van der Waals surface area contributed by atoms with Crippen molar-refractivity contribution in [1.82, 2.24) is 0 Å². The average Bonchev–Trinajstić information content (AvgIpc) is 2.28. The molecule has 18 heavy (non-hydrogen) atoms. The lowest BCUT2D eigenvalue weighted by atomic mass is 9.77. The van der Waals surface area contributed by atoms with Crippen molar-refractivity contribution in [3.8, 4) is 0 Å². The van der Waals surface area contributed by atoms with Gasteiger partial charge < -0.3 is 10.8 Å². The first-order valence-corrected chi connectivity index (χ1v) is 5.97. The minimum atomic E-state index is -4.39. The lowest BCUT2D eigenvalue weighted by molar-refractivity contribution is -0.137. The Hall–Kier alpha value is -1.07. The van der Waals surface area contributed by atoms with E-state index in [1.54, 1.807) is 0 Å². The molecule has 1 aromatic carbocycles. The predicted molar refractivity (Wildman–Crippen MR) is 61.8 cm³/mol. The van der Waals surface area contributed by atoms with Gasteiger partial charge in [0.15, 0.2) is 0 Å². The molecular formula is C13H16F3NO. The van der Waals surface area contributed by atoms with E-state index in [1.807, 2.05) is 0 Å². The molecule has 0 bridgehead atoms. The first kappa shape index (κ1) is 13.4. The van der Waals surface area contributed by atoms with Gasteiger partial charge >= 0.3 is 6.18 Å². The number of nitrogens with two attached hydrogens (primary N) is 1. The van der Waals surface area contributed by atoms with Crippen LogP contribution in [0.5, 0.6) is 0 Å². The average molecular weight is 259 g/mol. The van der Waals surface area contributed by atoms with Crippen LogP contribution in [0.2, 0.25) is 0 Å². The molecule has 0 spiro atoms. The maximum Gasteiger partial charge on any atom is 0.416 e. The number of hydrogen-bond donors (Lipinski definition) is 2. The predicted octanol–water partition coefficient (Wildman–Crippen LogP) is 2.79. The van der Waals surface area contributed by atoms with Gasteiger partial charge in [0.2, 0.25) is 0 Å². The van der Waals surface area contributed by atoms with Crippen LogP contribution in [0.3, 0.4) is 0 Å². The second-order valence-corrected chi connectivity index (χ2v) is 4.97. The molecule has 3 N–H and O–H groups in total. The van der Waals surface area contributed by atoms with Gasteiger partial charge in [0.05, 0.1) is 11.2 Å². The van der Waals surface area contributed by atoms with Crippen LogP contribution in [-0.2, 0) is 11.8 Å². The van der Waals surface area contributed by atoms with E-state index in [9.17, 15) is 18.3 Å². The van der Waals surface area contributed by atoms with Crippen LogP contribution in [0.15, 0.2) is 24.3 Å². The minimum Gasteiger partial charge on any atom is -0.385 e. The van der Waals surface area contributed by atoms with Gasteiger partial charge in [0, 0.05) is 6.04 Å². The Morgan fingerprint density at radius 2 is 2.06 bits per heavy atom. The van der Waals surface area contributed by atoms with E-state index in [1.165, 1.54) is 12.1 Å². The molecule has 2 nitrogen and oxygen atoms in total. The van der Waals surface area contributed by atoms with Crippen molar-refractivity contribution in [1.29, 1.82) is 0 Å². The normalized spacial score (nSPS) is 29.3. The second kappa shape index (κ2) is 4.55. The zero-order valence-electron chi connectivity index (χ0n) is 9.87. The van der Waals surface area contributed by atoms with Crippen LogP contribution in [0.25, 0.3) is 0 Å². The van der Waals surface area contributed by atoms with E-state index in [2.05, 4.69) is 0 Å². The highest BCUT2D eigenvalue weighted by Gasteiger charge is 2.37. The molecule has 2 unspecified atom stereocenters. The Morgan fingerprint density at radius 1 is 1.33 bits per heavy atom. The quantitative estimate of drug-likeness (QED) is 0.814. The summed E-state index contributed by atoms with van der Waals surface area (Å²) in [6.07, 6.45) is -2.07. The van der Waals surface area contributed by atoms with Crippen molar-refractivity contribution in [2.75, 3.05) is 0 Å². The van der Waals surface area contributed by atoms with Crippen molar-refractivity contribution < 1.29 is 18.3 Å². The van der Waals surface area contributed by atoms with Crippen molar-refractivity contribution in [3.05, 3.63) is 35.4 Å². The number of alkyl halides is 3. The van der Waals surface area contributed by atoms with Crippen molar-refractivity contribution >= 4 is 0 Å². The molecule has 0 saturated heterocycles. The molecule has 0 radical (unpaired) electrons. The number of halogens is 3. The fraction of sp³-hybridized carbons (Fsp3) is 0.538. The molecule has 5 heteroatoms. The van der Waals surface area contributed by atoms with Gasteiger partial charge in [0.1, 0.15) is 0 Å². The Morgan fingerprint density at radius 3 is 2.67 bits per heavy atom. The molecule has 1 aliphatic rings. The zero-order chi connectivity index (χ0) is 13.4. The Labute approximate surface area is 104 Å². The summed E-state index contributed by atoms with van der Waals surface area (Å²) in [4.78, 5) is 0. The zero-order valence-corrected chi connectivity index (χ0v) is 9.87. The van der Waals surface area contributed by atoms with E-state index in [-0.39, 0.29) is 6.04 Å². The van der Waals surface area contributed by atoms with Crippen molar-refractivity contribution in [2.24, 2.45) is 5.73 Å². The highest BCUT2D eigenvalue weighted by molar-refractivity contribution is 5.30. The standard InChI is InChI=1S/C13H16F3NO/c14-13(15,16)10-4-1-3-9(7-10)12(18)6-2-5-11(17)8-12/h1,3-4,7,11,18H,2,5-6,8,17H2. The maximum atomic E-state index is 12.6. The highest BCUT2D eigenvalue weighted by atomic mass is 19.4. The molecule has 0 amide bonds. The van der Waals surface area contributed by atoms with Crippen LogP contribution in [0, 0.1) is 0 Å². The molecular weight excluding hydrogens is 243 g/mol. The second-order valence-electron chi connectivity index (χ2n) is 4.97. The summed E-state index contributed by atoms with van der Waals surface area (Å²) in [5.74, 6) is 0. The van der Waals surface area contributed by atoms with Crippen LogP contribution in [0.4, 0.5) is 13.2 Å². The topological polar surface area (TPSA) is 46.2 Å². The third-order valence-corrected chi connectivity index (χ3v) is 3.49. The van der Waals surface area contributed by atoms with Crippen molar-refractivity contribution in [3.63, 3.8) is 0 Å². The van der Waals surface area contributed by atoms with E-state index in [4.69, 9.17) is 5.73 Å². The summed E-state index contributed by atoms with van der Waals surface area (Å²) in [7, 11) is 0. The molecule has 1 aromatic rings. The van der Waals surface area contributed by atoms with Gasteiger partial charge in [-0.05, 0) is 43.4 Å². The lowest BCUT2D eigenvalue weighted by Gasteiger charge is -2.36. The van der Waals surface area contributed by atoms with E-state index in [0.29, 0.717) is 18.4 Å². The summed E-state index contributed by atoms with van der Waals surface area (Å²) in [6, 6.07) is 4.75. The largest absolute Gasteiger partial charge is 0.416 e. The first-order chi connectivity index (χ1) is 8.31. The number of rotatable bonds is 1. The molecule has 1 aliphatic carbocycles. The van der Waals surface area contributed by atoms with Gasteiger partial charge in [-0.25, -0.2) is 0 Å². The monoisotopic (exact) mass is 259 g/mol. The Balaban J connectivity index is 2.33. The summed E-state index contributed by atoms with van der Waals surface area (Å²) < 4.78 is 37.9. The Bertz CT molecular complexity index is 432. The first-order valence-electron chi connectivity index (χ1n) is 5.97. The van der Waals surface area contributed by atoms with Gasteiger partial charge in [-0.3, -0.25) is 0 Å². The summed E-state index contributed by atoms with van der Waals surface area (Å²) in [5.41, 5.74) is 4.15. The third-order valence-electron chi connectivity index (χ3n) is 3.49. The van der Waals surface area contributed by atoms with Crippen LogP contribution >= 0.6 is 0 Å². The summed E-state index contributed by atoms with van der Waals surface area (Å²) in [6.45, 7) is 0. The fourth-order valence-electron chi connectivity index (χ4n) is 2.54. The SMILES string of the molecule is NC1CCCC(O)(c2cccc(C(F)(F)F)c2)C1. The molecule has 0 aromatic heterocycles. The van der Waals surface area contributed by atoms with Gasteiger partial charge in [-0.1, -0.05) is 12.1 Å². The summed E-state index contributed by atoms with van der Waals surface area (Å²) >= 11 is 0. The summed E-state index contributed by atoms with van der Waals surface area (Å²) in [5, 5.41) is 10.5. The molecule has 2 atom stereocenters. The number of aliphatic hydroxyl groups is 1. The van der Waals surface area contributed by atoms with Crippen LogP contribution in [-0.4, -0.2) is 11.1 Å². The third kappa shape index (κ3) is 2.67. The van der Waals surface area contributed by atoms with Crippen molar-refractivity contribution in [2.45, 2.75) is 43.5 Å². The number of benzene rings is 1. The van der Waals surface area contributed by atoms with E-state index in [0.717, 1.165) is 25.0 Å². The maximum absolute atomic E-state index is 12.6. The van der Waals surface area contributed by atoms with Gasteiger partial charge in [-0.2, -0.15) is 13.2 Å². The van der Waals surface area contributed by atoms with E-state index >= 15 is 0 Å². The Kier molecular flexibility index (Phi) is 3.38. The molecule has 100 valence electrons. The molecule has 0 heterocycles. The van der Waals surface area contributed by atoms with Crippen LogP contribution in [0.1, 0.15) is 36.8 Å². The minimum absolute atomic E-state index is 0.154. The van der Waals surface area contributed by atoms with Gasteiger partial charge in [-0.15, -0.1) is 0 Å². The fourth-order valence-corrected chi connectivity index (χ4v) is 2.54. The molecule has 2 rings (SSSR count). The highest BCUT2D eigenvalue weighted by Crippen LogP contribution is 2.38. The van der Waals surface area contributed by atoms with E-state index < -0.39 is 17.3 Å². The lowest BCUT2D eigenvalue weighted by Crippen LogP contribution is -2.39. The smallest absolute Gasteiger partial charge is 0.385 e. The van der Waals surface area contributed by atoms with Gasteiger partial charge in [0.25, 0.3) is 0 Å².